The number of benzene rings is 1. The zero-order valence-corrected chi connectivity index (χ0v) is 9.67. The molecule has 3 rings (SSSR count). The summed E-state index contributed by atoms with van der Waals surface area (Å²) in [6.07, 6.45) is 6.51. The number of hydrogen-bond donors (Lipinski definition) is 1. The fourth-order valence-electron chi connectivity index (χ4n) is 2.35. The van der Waals surface area contributed by atoms with Crippen LogP contribution in [0.4, 0.5) is 0 Å². The van der Waals surface area contributed by atoms with E-state index in [1.807, 2.05) is 12.1 Å². The summed E-state index contributed by atoms with van der Waals surface area (Å²) in [6, 6.07) is 10.1. The minimum absolute atomic E-state index is 0.575. The molecule has 1 aliphatic carbocycles. The monoisotopic (exact) mass is 228 g/mol. The van der Waals surface area contributed by atoms with Gasteiger partial charge < -0.3 is 9.52 Å². The van der Waals surface area contributed by atoms with Crippen molar-refractivity contribution in [2.24, 2.45) is 0 Å². The summed E-state index contributed by atoms with van der Waals surface area (Å²) in [5.41, 5.74) is 3.13. The van der Waals surface area contributed by atoms with Crippen molar-refractivity contribution < 1.29 is 9.52 Å². The molecule has 1 aromatic carbocycles. The van der Waals surface area contributed by atoms with Gasteiger partial charge in [-0.15, -0.1) is 0 Å². The molecular formula is C15H16O2. The standard InChI is InChI=1S/C15H16O2/c16-15(14-7-8-17-10-14)13-6-2-5-12(9-13)11-3-1-4-11/h2,5-11,15-16H,1,3-4H2. The van der Waals surface area contributed by atoms with Crippen molar-refractivity contribution in [1.29, 1.82) is 0 Å². The largest absolute Gasteiger partial charge is 0.472 e. The van der Waals surface area contributed by atoms with Crippen molar-refractivity contribution in [2.45, 2.75) is 31.3 Å². The maximum atomic E-state index is 10.2. The fraction of sp³-hybridized carbons (Fsp3) is 0.333. The Hall–Kier alpha value is -1.54. The Morgan fingerprint density at radius 1 is 1.18 bits per heavy atom. The Morgan fingerprint density at radius 3 is 2.71 bits per heavy atom. The first kappa shape index (κ1) is 10.6. The molecular weight excluding hydrogens is 212 g/mol. The molecule has 1 aliphatic rings. The first-order valence-electron chi connectivity index (χ1n) is 6.14. The summed E-state index contributed by atoms with van der Waals surface area (Å²) in [5, 5.41) is 10.2. The minimum atomic E-state index is -0.575. The van der Waals surface area contributed by atoms with Crippen LogP contribution in [0.1, 0.15) is 48.0 Å². The van der Waals surface area contributed by atoms with E-state index in [9.17, 15) is 5.11 Å². The maximum absolute atomic E-state index is 10.2. The molecule has 1 heterocycles. The van der Waals surface area contributed by atoms with Crippen molar-refractivity contribution in [1.82, 2.24) is 0 Å². The van der Waals surface area contributed by atoms with Crippen LogP contribution in [0.15, 0.2) is 47.3 Å². The molecule has 1 unspecified atom stereocenters. The lowest BCUT2D eigenvalue weighted by Gasteiger charge is -2.26. The highest BCUT2D eigenvalue weighted by molar-refractivity contribution is 5.33. The van der Waals surface area contributed by atoms with Gasteiger partial charge in [-0.3, -0.25) is 0 Å². The molecule has 2 heteroatoms. The predicted molar refractivity (Wildman–Crippen MR) is 65.8 cm³/mol. The van der Waals surface area contributed by atoms with Crippen LogP contribution in [-0.2, 0) is 0 Å². The highest BCUT2D eigenvalue weighted by atomic mass is 16.3. The Bertz CT molecular complexity index is 483. The van der Waals surface area contributed by atoms with E-state index >= 15 is 0 Å². The van der Waals surface area contributed by atoms with Gasteiger partial charge in [0.05, 0.1) is 12.5 Å². The van der Waals surface area contributed by atoms with Crippen molar-refractivity contribution >= 4 is 0 Å². The minimum Gasteiger partial charge on any atom is -0.472 e. The summed E-state index contributed by atoms with van der Waals surface area (Å²) in [6.45, 7) is 0. The first-order chi connectivity index (χ1) is 8.34. The SMILES string of the molecule is OC(c1ccoc1)c1cccc(C2CCC2)c1. The van der Waals surface area contributed by atoms with E-state index in [1.165, 1.54) is 24.8 Å². The topological polar surface area (TPSA) is 33.4 Å². The summed E-state index contributed by atoms with van der Waals surface area (Å²) < 4.78 is 5.01. The van der Waals surface area contributed by atoms with E-state index in [2.05, 4.69) is 12.1 Å². The normalized spacial score (nSPS) is 17.7. The third-order valence-corrected chi connectivity index (χ3v) is 3.66. The van der Waals surface area contributed by atoms with Gasteiger partial charge in [0.1, 0.15) is 6.10 Å². The highest BCUT2D eigenvalue weighted by Gasteiger charge is 2.20. The molecule has 0 spiro atoms. The quantitative estimate of drug-likeness (QED) is 0.870. The molecule has 2 aromatic rings. The molecule has 0 saturated heterocycles. The third kappa shape index (κ3) is 2.01. The van der Waals surface area contributed by atoms with Crippen LogP contribution < -0.4 is 0 Å². The van der Waals surface area contributed by atoms with Crippen LogP contribution in [0.5, 0.6) is 0 Å². The average Bonchev–Trinajstić information content (AvgIpc) is 2.79. The van der Waals surface area contributed by atoms with Crippen molar-refractivity contribution in [3.63, 3.8) is 0 Å². The summed E-state index contributed by atoms with van der Waals surface area (Å²) in [4.78, 5) is 0. The summed E-state index contributed by atoms with van der Waals surface area (Å²) >= 11 is 0. The lowest BCUT2D eigenvalue weighted by molar-refractivity contribution is 0.219. The van der Waals surface area contributed by atoms with Gasteiger partial charge in [-0.25, -0.2) is 0 Å². The van der Waals surface area contributed by atoms with Gasteiger partial charge in [0.25, 0.3) is 0 Å². The molecule has 1 saturated carbocycles. The molecule has 0 bridgehead atoms. The van der Waals surface area contributed by atoms with Crippen molar-refractivity contribution in [3.05, 3.63) is 59.5 Å². The van der Waals surface area contributed by atoms with E-state index in [0.29, 0.717) is 5.92 Å². The predicted octanol–water partition coefficient (Wildman–Crippen LogP) is 3.63. The van der Waals surface area contributed by atoms with Gasteiger partial charge in [0, 0.05) is 5.56 Å². The Kier molecular flexibility index (Phi) is 2.73. The van der Waals surface area contributed by atoms with E-state index in [4.69, 9.17) is 4.42 Å². The van der Waals surface area contributed by atoms with E-state index in [0.717, 1.165) is 11.1 Å². The first-order valence-corrected chi connectivity index (χ1v) is 6.14. The van der Waals surface area contributed by atoms with Gasteiger partial charge >= 0.3 is 0 Å². The number of aliphatic hydroxyl groups is 1. The Morgan fingerprint density at radius 2 is 2.06 bits per heavy atom. The number of furan rings is 1. The molecule has 1 atom stereocenters. The molecule has 88 valence electrons. The van der Waals surface area contributed by atoms with Crippen LogP contribution in [-0.4, -0.2) is 5.11 Å². The third-order valence-electron chi connectivity index (χ3n) is 3.66. The molecule has 0 amide bonds. The highest BCUT2D eigenvalue weighted by Crippen LogP contribution is 2.37. The molecule has 1 N–H and O–H groups in total. The number of aliphatic hydroxyl groups excluding tert-OH is 1. The van der Waals surface area contributed by atoms with Gasteiger partial charge in [0.2, 0.25) is 0 Å². The van der Waals surface area contributed by atoms with E-state index in [-0.39, 0.29) is 0 Å². The molecule has 17 heavy (non-hydrogen) atoms. The van der Waals surface area contributed by atoms with E-state index < -0.39 is 6.10 Å². The van der Waals surface area contributed by atoms with Crippen LogP contribution in [0.3, 0.4) is 0 Å². The van der Waals surface area contributed by atoms with Crippen molar-refractivity contribution in [2.75, 3.05) is 0 Å². The molecule has 1 aromatic heterocycles. The zero-order valence-electron chi connectivity index (χ0n) is 9.67. The maximum Gasteiger partial charge on any atom is 0.107 e. The molecule has 2 nitrogen and oxygen atoms in total. The summed E-state index contributed by atoms with van der Waals surface area (Å²) in [5.74, 6) is 0.700. The average molecular weight is 228 g/mol. The Labute approximate surface area is 101 Å². The van der Waals surface area contributed by atoms with E-state index in [1.54, 1.807) is 18.6 Å². The van der Waals surface area contributed by atoms with Crippen molar-refractivity contribution in [3.8, 4) is 0 Å². The summed E-state index contributed by atoms with van der Waals surface area (Å²) in [7, 11) is 0. The van der Waals surface area contributed by atoms with Crippen LogP contribution in [0.2, 0.25) is 0 Å². The lowest BCUT2D eigenvalue weighted by atomic mass is 9.79. The second kappa shape index (κ2) is 4.38. The smallest absolute Gasteiger partial charge is 0.107 e. The van der Waals surface area contributed by atoms with Crippen LogP contribution >= 0.6 is 0 Å². The molecule has 0 radical (unpaired) electrons. The Balaban J connectivity index is 1.87. The zero-order chi connectivity index (χ0) is 11.7. The second-order valence-corrected chi connectivity index (χ2v) is 4.76. The molecule has 1 fully saturated rings. The van der Waals surface area contributed by atoms with Crippen LogP contribution in [0, 0.1) is 0 Å². The lowest BCUT2D eigenvalue weighted by Crippen LogP contribution is -2.09. The number of rotatable bonds is 3. The fourth-order valence-corrected chi connectivity index (χ4v) is 2.35. The van der Waals surface area contributed by atoms with Gasteiger partial charge in [-0.2, -0.15) is 0 Å². The second-order valence-electron chi connectivity index (χ2n) is 4.76. The van der Waals surface area contributed by atoms with Gasteiger partial charge in [0.15, 0.2) is 0 Å². The van der Waals surface area contributed by atoms with Crippen LogP contribution in [0.25, 0.3) is 0 Å². The molecule has 0 aliphatic heterocycles. The van der Waals surface area contributed by atoms with Gasteiger partial charge in [-0.05, 0) is 36.0 Å². The van der Waals surface area contributed by atoms with Gasteiger partial charge in [-0.1, -0.05) is 30.7 Å². The number of hydrogen-bond acceptors (Lipinski definition) is 2.